The van der Waals surface area contributed by atoms with Gasteiger partial charge in [0.05, 0.1) is 0 Å². The summed E-state index contributed by atoms with van der Waals surface area (Å²) in [6.07, 6.45) is 0.495. The topological polar surface area (TPSA) is 44.4 Å². The number of benzene rings is 1. The molecule has 0 aliphatic rings. The third-order valence-electron chi connectivity index (χ3n) is 3.52. The highest BCUT2D eigenvalue weighted by molar-refractivity contribution is 5.91. The van der Waals surface area contributed by atoms with E-state index in [2.05, 4.69) is 55.4 Å². The lowest BCUT2D eigenvalue weighted by molar-refractivity contribution is -0.116. The van der Waals surface area contributed by atoms with Gasteiger partial charge in [-0.3, -0.25) is 4.79 Å². The minimum atomic E-state index is 0.0573. The Balaban J connectivity index is 2.62. The maximum Gasteiger partial charge on any atom is 0.225 e. The van der Waals surface area contributed by atoms with Crippen molar-refractivity contribution >= 4 is 17.3 Å². The number of carbonyl (C=O) groups excluding carboxylic acids is 1. The molecular formula is C17H29N3O. The summed E-state index contributed by atoms with van der Waals surface area (Å²) in [4.78, 5) is 14.2. The minimum absolute atomic E-state index is 0.0573. The zero-order valence-electron chi connectivity index (χ0n) is 14.0. The van der Waals surface area contributed by atoms with Crippen LogP contribution in [0, 0.1) is 6.92 Å². The van der Waals surface area contributed by atoms with Gasteiger partial charge in [0.25, 0.3) is 0 Å². The molecule has 0 spiro atoms. The molecule has 0 atom stereocenters. The van der Waals surface area contributed by atoms with Crippen LogP contribution >= 0.6 is 0 Å². The van der Waals surface area contributed by atoms with Crippen LogP contribution in [0.1, 0.15) is 39.7 Å². The van der Waals surface area contributed by atoms with E-state index >= 15 is 0 Å². The maximum atomic E-state index is 11.9. The minimum Gasteiger partial charge on any atom is -0.372 e. The van der Waals surface area contributed by atoms with Gasteiger partial charge in [-0.1, -0.05) is 13.8 Å². The Kier molecular flexibility index (Phi) is 7.23. The van der Waals surface area contributed by atoms with Crippen LogP contribution in [0.2, 0.25) is 0 Å². The van der Waals surface area contributed by atoms with Crippen molar-refractivity contribution < 1.29 is 4.79 Å². The third-order valence-corrected chi connectivity index (χ3v) is 3.52. The van der Waals surface area contributed by atoms with Crippen LogP contribution in [0.3, 0.4) is 0 Å². The first-order valence-electron chi connectivity index (χ1n) is 7.86. The molecule has 0 saturated heterocycles. The molecule has 0 unspecified atom stereocenters. The lowest BCUT2D eigenvalue weighted by Gasteiger charge is -2.22. The van der Waals surface area contributed by atoms with Gasteiger partial charge in [0.15, 0.2) is 0 Å². The fourth-order valence-electron chi connectivity index (χ4n) is 2.26. The molecule has 0 aliphatic heterocycles. The van der Waals surface area contributed by atoms with Crippen LogP contribution in [0.4, 0.5) is 11.4 Å². The van der Waals surface area contributed by atoms with E-state index in [1.165, 1.54) is 5.69 Å². The summed E-state index contributed by atoms with van der Waals surface area (Å²) >= 11 is 0. The highest BCUT2D eigenvalue weighted by Gasteiger charge is 2.08. The van der Waals surface area contributed by atoms with Crippen LogP contribution in [-0.2, 0) is 4.79 Å². The Bertz CT molecular complexity index is 453. The second kappa shape index (κ2) is 8.67. The van der Waals surface area contributed by atoms with Gasteiger partial charge in [-0.05, 0) is 44.5 Å². The molecule has 1 aromatic carbocycles. The maximum absolute atomic E-state index is 11.9. The summed E-state index contributed by atoms with van der Waals surface area (Å²) in [6, 6.07) is 6.61. The van der Waals surface area contributed by atoms with E-state index < -0.39 is 0 Å². The van der Waals surface area contributed by atoms with Crippen LogP contribution in [-0.4, -0.2) is 31.6 Å². The Morgan fingerprint density at radius 3 is 2.43 bits per heavy atom. The second-order valence-electron chi connectivity index (χ2n) is 5.58. The van der Waals surface area contributed by atoms with Gasteiger partial charge in [-0.15, -0.1) is 0 Å². The molecule has 1 amide bonds. The number of amides is 1. The molecule has 0 heterocycles. The molecular weight excluding hydrogens is 262 g/mol. The fourth-order valence-corrected chi connectivity index (χ4v) is 2.26. The molecule has 21 heavy (non-hydrogen) atoms. The summed E-state index contributed by atoms with van der Waals surface area (Å²) in [7, 11) is 0. The van der Waals surface area contributed by atoms with E-state index in [0.29, 0.717) is 19.0 Å². The third kappa shape index (κ3) is 5.76. The van der Waals surface area contributed by atoms with Crippen LogP contribution in [0.25, 0.3) is 0 Å². The number of rotatable bonds is 8. The highest BCUT2D eigenvalue weighted by atomic mass is 16.1. The molecule has 0 fully saturated rings. The van der Waals surface area contributed by atoms with Crippen molar-refractivity contribution in [1.82, 2.24) is 5.32 Å². The Morgan fingerprint density at radius 1 is 1.24 bits per heavy atom. The molecule has 1 rings (SSSR count). The van der Waals surface area contributed by atoms with Gasteiger partial charge in [0.1, 0.15) is 0 Å². The molecule has 4 nitrogen and oxygen atoms in total. The lowest BCUT2D eigenvalue weighted by Crippen LogP contribution is -2.27. The SMILES string of the molecule is CCN(CC)c1ccc(NC(=O)CCNC(C)C)c(C)c1. The fraction of sp³-hybridized carbons (Fsp3) is 0.588. The van der Waals surface area contributed by atoms with Gasteiger partial charge in [-0.2, -0.15) is 0 Å². The van der Waals surface area contributed by atoms with Crippen molar-refractivity contribution in [2.24, 2.45) is 0 Å². The van der Waals surface area contributed by atoms with Crippen molar-refractivity contribution in [3.05, 3.63) is 23.8 Å². The first kappa shape index (κ1) is 17.5. The normalized spacial score (nSPS) is 10.8. The molecule has 0 aliphatic carbocycles. The number of carbonyl (C=O) groups is 1. The smallest absolute Gasteiger partial charge is 0.225 e. The van der Waals surface area contributed by atoms with Gasteiger partial charge < -0.3 is 15.5 Å². The molecule has 4 heteroatoms. The molecule has 0 bridgehead atoms. The zero-order chi connectivity index (χ0) is 15.8. The summed E-state index contributed by atoms with van der Waals surface area (Å²) in [5, 5.41) is 6.24. The summed E-state index contributed by atoms with van der Waals surface area (Å²) < 4.78 is 0. The first-order valence-corrected chi connectivity index (χ1v) is 7.86. The van der Waals surface area contributed by atoms with Crippen LogP contribution in [0.15, 0.2) is 18.2 Å². The zero-order valence-corrected chi connectivity index (χ0v) is 14.0. The van der Waals surface area contributed by atoms with Crippen molar-refractivity contribution in [2.45, 2.75) is 47.1 Å². The van der Waals surface area contributed by atoms with Crippen molar-refractivity contribution in [3.63, 3.8) is 0 Å². The first-order chi connectivity index (χ1) is 9.97. The predicted octanol–water partition coefficient (Wildman–Crippen LogP) is 3.17. The molecule has 2 N–H and O–H groups in total. The van der Waals surface area contributed by atoms with Gasteiger partial charge in [-0.25, -0.2) is 0 Å². The van der Waals surface area contributed by atoms with E-state index in [-0.39, 0.29) is 5.91 Å². The van der Waals surface area contributed by atoms with E-state index in [1.807, 2.05) is 13.0 Å². The van der Waals surface area contributed by atoms with E-state index in [1.54, 1.807) is 0 Å². The van der Waals surface area contributed by atoms with Crippen LogP contribution < -0.4 is 15.5 Å². The average molecular weight is 291 g/mol. The Labute approximate surface area is 128 Å². The van der Waals surface area contributed by atoms with Gasteiger partial charge >= 0.3 is 0 Å². The van der Waals surface area contributed by atoms with E-state index in [0.717, 1.165) is 24.3 Å². The number of anilines is 2. The predicted molar refractivity (Wildman–Crippen MR) is 91.1 cm³/mol. The molecule has 0 saturated carbocycles. The number of hydrogen-bond donors (Lipinski definition) is 2. The summed E-state index contributed by atoms with van der Waals surface area (Å²) in [6.45, 7) is 13.2. The van der Waals surface area contributed by atoms with Gasteiger partial charge in [0, 0.05) is 43.5 Å². The highest BCUT2D eigenvalue weighted by Crippen LogP contribution is 2.22. The number of nitrogens with zero attached hydrogens (tertiary/aromatic N) is 1. The van der Waals surface area contributed by atoms with E-state index in [4.69, 9.17) is 0 Å². The summed E-state index contributed by atoms with van der Waals surface area (Å²) in [5.74, 6) is 0.0573. The van der Waals surface area contributed by atoms with Gasteiger partial charge in [0.2, 0.25) is 5.91 Å². The summed E-state index contributed by atoms with van der Waals surface area (Å²) in [5.41, 5.74) is 3.21. The van der Waals surface area contributed by atoms with Crippen molar-refractivity contribution in [1.29, 1.82) is 0 Å². The monoisotopic (exact) mass is 291 g/mol. The molecule has 118 valence electrons. The van der Waals surface area contributed by atoms with E-state index in [9.17, 15) is 4.79 Å². The van der Waals surface area contributed by atoms with Crippen molar-refractivity contribution in [3.8, 4) is 0 Å². The number of aryl methyl sites for hydroxylation is 1. The number of nitrogens with one attached hydrogen (secondary N) is 2. The Hall–Kier alpha value is -1.55. The van der Waals surface area contributed by atoms with Crippen LogP contribution in [0.5, 0.6) is 0 Å². The number of hydrogen-bond acceptors (Lipinski definition) is 3. The molecule has 0 radical (unpaired) electrons. The average Bonchev–Trinajstić information content (AvgIpc) is 2.42. The van der Waals surface area contributed by atoms with Crippen molar-refractivity contribution in [2.75, 3.05) is 29.9 Å². The Morgan fingerprint density at radius 2 is 1.90 bits per heavy atom. The standard InChI is InChI=1S/C17H29N3O/c1-6-20(7-2)15-8-9-16(14(5)12-15)19-17(21)10-11-18-13(3)4/h8-9,12-13,18H,6-7,10-11H2,1-5H3,(H,19,21). The molecule has 0 aromatic heterocycles. The second-order valence-corrected chi connectivity index (χ2v) is 5.58. The largest absolute Gasteiger partial charge is 0.372 e. The lowest BCUT2D eigenvalue weighted by atomic mass is 10.1. The quantitative estimate of drug-likeness (QED) is 0.773. The molecule has 1 aromatic rings.